The molecule has 6 heteroatoms. The van der Waals surface area contributed by atoms with Crippen molar-refractivity contribution >= 4 is 17.4 Å². The number of urea groups is 1. The fraction of sp³-hybridized carbons (Fsp3) is 0.500. The molecule has 5 nitrogen and oxygen atoms in total. The number of hydrogen-bond donors (Lipinski definition) is 2. The van der Waals surface area contributed by atoms with Crippen molar-refractivity contribution in [3.63, 3.8) is 0 Å². The molecule has 1 saturated heterocycles. The normalized spacial score (nSPS) is 17.4. The van der Waals surface area contributed by atoms with E-state index in [2.05, 4.69) is 17.2 Å². The molecule has 0 radical (unpaired) electrons. The van der Waals surface area contributed by atoms with Gasteiger partial charge in [0.1, 0.15) is 0 Å². The number of ether oxygens (including phenoxy) is 1. The molecule has 0 bridgehead atoms. The van der Waals surface area contributed by atoms with Gasteiger partial charge < -0.3 is 20.7 Å². The molecule has 1 aromatic rings. The van der Waals surface area contributed by atoms with Crippen molar-refractivity contribution < 1.29 is 9.53 Å². The molecule has 0 saturated carbocycles. The van der Waals surface area contributed by atoms with Gasteiger partial charge in [0, 0.05) is 20.2 Å². The van der Waals surface area contributed by atoms with Crippen molar-refractivity contribution in [2.24, 2.45) is 5.73 Å². The lowest BCUT2D eigenvalue weighted by Gasteiger charge is -2.19. The van der Waals surface area contributed by atoms with Crippen LogP contribution >= 0.6 is 11.3 Å². The van der Waals surface area contributed by atoms with E-state index in [0.29, 0.717) is 19.7 Å². The first-order valence-electron chi connectivity index (χ1n) is 6.54. The lowest BCUT2D eigenvalue weighted by atomic mass is 10.2. The summed E-state index contributed by atoms with van der Waals surface area (Å²) in [6, 6.07) is 2.06. The Morgan fingerprint density at radius 3 is 3.25 bits per heavy atom. The number of nitrogens with two attached hydrogens (primary N) is 1. The van der Waals surface area contributed by atoms with E-state index in [-0.39, 0.29) is 12.1 Å². The molecular weight excluding hydrogens is 274 g/mol. The van der Waals surface area contributed by atoms with Crippen molar-refractivity contribution in [3.05, 3.63) is 21.9 Å². The Morgan fingerprint density at radius 1 is 1.70 bits per heavy atom. The standard InChI is InChI=1S/C14H19N3O2S/c1-17(14(18)16-12-4-6-19-9-12)8-11-7-13(20-10-11)3-2-5-15/h7,10,12H,4-6,8-9,15H2,1H3,(H,16,18). The Morgan fingerprint density at radius 2 is 2.55 bits per heavy atom. The minimum absolute atomic E-state index is 0.0682. The van der Waals surface area contributed by atoms with Gasteiger partial charge >= 0.3 is 6.03 Å². The Labute approximate surface area is 123 Å². The van der Waals surface area contributed by atoms with E-state index in [1.54, 1.807) is 23.3 Å². The second kappa shape index (κ2) is 7.29. The van der Waals surface area contributed by atoms with Crippen molar-refractivity contribution in [1.82, 2.24) is 10.2 Å². The van der Waals surface area contributed by atoms with Gasteiger partial charge in [0.15, 0.2) is 0 Å². The maximum Gasteiger partial charge on any atom is 0.317 e. The van der Waals surface area contributed by atoms with Crippen LogP contribution in [0, 0.1) is 11.8 Å². The Hall–Kier alpha value is -1.55. The van der Waals surface area contributed by atoms with Crippen molar-refractivity contribution in [2.45, 2.75) is 19.0 Å². The number of nitrogens with zero attached hydrogens (tertiary/aromatic N) is 1. The van der Waals surface area contributed by atoms with E-state index in [1.165, 1.54) is 0 Å². The zero-order valence-corrected chi connectivity index (χ0v) is 12.3. The number of carbonyl (C=O) groups is 1. The van der Waals surface area contributed by atoms with Crippen molar-refractivity contribution in [3.8, 4) is 11.8 Å². The van der Waals surface area contributed by atoms with E-state index in [9.17, 15) is 4.79 Å². The Balaban J connectivity index is 1.85. The Bertz CT molecular complexity index is 512. The number of rotatable bonds is 3. The summed E-state index contributed by atoms with van der Waals surface area (Å²) in [4.78, 5) is 14.6. The topological polar surface area (TPSA) is 67.6 Å². The molecule has 0 spiro atoms. The first-order chi connectivity index (χ1) is 9.69. The van der Waals surface area contributed by atoms with Crippen LogP contribution in [-0.2, 0) is 11.3 Å². The molecule has 2 heterocycles. The summed E-state index contributed by atoms with van der Waals surface area (Å²) in [6.45, 7) is 2.26. The van der Waals surface area contributed by atoms with E-state index >= 15 is 0 Å². The maximum absolute atomic E-state index is 12.0. The average molecular weight is 293 g/mol. The molecule has 1 aromatic heterocycles. The smallest absolute Gasteiger partial charge is 0.317 e. The lowest BCUT2D eigenvalue weighted by molar-refractivity contribution is 0.181. The molecule has 1 fully saturated rings. The van der Waals surface area contributed by atoms with Gasteiger partial charge in [-0.2, -0.15) is 0 Å². The zero-order valence-electron chi connectivity index (χ0n) is 11.5. The highest BCUT2D eigenvalue weighted by Gasteiger charge is 2.19. The van der Waals surface area contributed by atoms with E-state index in [0.717, 1.165) is 23.5 Å². The third-order valence-electron chi connectivity index (χ3n) is 2.99. The third-order valence-corrected chi connectivity index (χ3v) is 3.89. The molecular formula is C14H19N3O2S. The third kappa shape index (κ3) is 4.23. The Kier molecular flexibility index (Phi) is 5.41. The van der Waals surface area contributed by atoms with Crippen LogP contribution in [0.25, 0.3) is 0 Å². The summed E-state index contributed by atoms with van der Waals surface area (Å²) in [5, 5.41) is 4.98. The van der Waals surface area contributed by atoms with Crippen molar-refractivity contribution in [2.75, 3.05) is 26.8 Å². The summed E-state index contributed by atoms with van der Waals surface area (Å²) in [6.07, 6.45) is 0.886. The van der Waals surface area contributed by atoms with E-state index in [1.807, 2.05) is 11.4 Å². The summed E-state index contributed by atoms with van der Waals surface area (Å²) >= 11 is 1.57. The summed E-state index contributed by atoms with van der Waals surface area (Å²) < 4.78 is 5.24. The van der Waals surface area contributed by atoms with Gasteiger partial charge in [0.25, 0.3) is 0 Å². The summed E-state index contributed by atoms with van der Waals surface area (Å²) in [7, 11) is 1.79. The average Bonchev–Trinajstić information content (AvgIpc) is 3.08. The number of hydrogen-bond acceptors (Lipinski definition) is 4. The number of amides is 2. The number of thiophene rings is 1. The minimum atomic E-state index is -0.0682. The van der Waals surface area contributed by atoms with Crippen LogP contribution in [0.15, 0.2) is 11.4 Å². The van der Waals surface area contributed by atoms with Gasteiger partial charge in [0.05, 0.1) is 24.1 Å². The quantitative estimate of drug-likeness (QED) is 0.817. The molecule has 1 aliphatic heterocycles. The highest BCUT2D eigenvalue weighted by atomic mass is 32.1. The van der Waals surface area contributed by atoms with Crippen LogP contribution in [-0.4, -0.2) is 43.8 Å². The number of nitrogens with one attached hydrogen (secondary N) is 1. The molecule has 1 atom stereocenters. The monoisotopic (exact) mass is 293 g/mol. The molecule has 2 rings (SSSR count). The van der Waals surface area contributed by atoms with Crippen LogP contribution in [0.5, 0.6) is 0 Å². The van der Waals surface area contributed by atoms with Gasteiger partial charge in [-0.15, -0.1) is 11.3 Å². The van der Waals surface area contributed by atoms with E-state index < -0.39 is 0 Å². The van der Waals surface area contributed by atoms with Gasteiger partial charge in [0.2, 0.25) is 0 Å². The van der Waals surface area contributed by atoms with Gasteiger partial charge in [-0.05, 0) is 23.4 Å². The van der Waals surface area contributed by atoms with E-state index in [4.69, 9.17) is 10.5 Å². The maximum atomic E-state index is 12.0. The molecule has 1 unspecified atom stereocenters. The summed E-state index contributed by atoms with van der Waals surface area (Å²) in [5.41, 5.74) is 6.42. The molecule has 3 N–H and O–H groups in total. The predicted molar refractivity (Wildman–Crippen MR) is 79.5 cm³/mol. The van der Waals surface area contributed by atoms with Crippen LogP contribution in [0.2, 0.25) is 0 Å². The molecule has 1 aliphatic rings. The number of carbonyl (C=O) groups excluding carboxylic acids is 1. The molecule has 20 heavy (non-hydrogen) atoms. The molecule has 0 aromatic carbocycles. The van der Waals surface area contributed by atoms with Crippen LogP contribution < -0.4 is 11.1 Å². The second-order valence-corrected chi connectivity index (χ2v) is 5.60. The summed E-state index contributed by atoms with van der Waals surface area (Å²) in [5.74, 6) is 5.82. The highest BCUT2D eigenvalue weighted by molar-refractivity contribution is 7.10. The van der Waals surface area contributed by atoms with Gasteiger partial charge in [-0.1, -0.05) is 11.8 Å². The fourth-order valence-electron chi connectivity index (χ4n) is 1.94. The largest absolute Gasteiger partial charge is 0.379 e. The SMILES string of the molecule is CN(Cc1csc(C#CCN)c1)C(=O)NC1CCOC1. The first-order valence-corrected chi connectivity index (χ1v) is 7.42. The second-order valence-electron chi connectivity index (χ2n) is 4.69. The van der Waals surface area contributed by atoms with Gasteiger partial charge in [-0.3, -0.25) is 0 Å². The first kappa shape index (κ1) is 14.9. The van der Waals surface area contributed by atoms with Crippen LogP contribution in [0.3, 0.4) is 0 Å². The van der Waals surface area contributed by atoms with Gasteiger partial charge in [-0.25, -0.2) is 4.79 Å². The molecule has 2 amide bonds. The van der Waals surface area contributed by atoms with Crippen molar-refractivity contribution in [1.29, 1.82) is 0 Å². The lowest BCUT2D eigenvalue weighted by Crippen LogP contribution is -2.42. The minimum Gasteiger partial charge on any atom is -0.379 e. The zero-order chi connectivity index (χ0) is 14.4. The molecule has 0 aliphatic carbocycles. The molecule has 108 valence electrons. The van der Waals surface area contributed by atoms with Crippen LogP contribution in [0.1, 0.15) is 16.9 Å². The van der Waals surface area contributed by atoms with Crippen LogP contribution in [0.4, 0.5) is 4.79 Å². The fourth-order valence-corrected chi connectivity index (χ4v) is 2.71. The highest BCUT2D eigenvalue weighted by Crippen LogP contribution is 2.15. The predicted octanol–water partition coefficient (Wildman–Crippen LogP) is 0.989.